The molecule has 0 aliphatic heterocycles. The van der Waals surface area contributed by atoms with Gasteiger partial charge in [-0.2, -0.15) is 0 Å². The number of benzene rings is 2. The lowest BCUT2D eigenvalue weighted by atomic mass is 10.2. The molecular weight excluding hydrogens is 372 g/mol. The molecular formula is C22H28N2O3S. The number of nitrogens with one attached hydrogen (secondary N) is 2. The molecule has 150 valence electrons. The summed E-state index contributed by atoms with van der Waals surface area (Å²) in [4.78, 5) is 12.6. The van der Waals surface area contributed by atoms with Gasteiger partial charge in [0.2, 0.25) is 0 Å². The second kappa shape index (κ2) is 12.0. The molecule has 28 heavy (non-hydrogen) atoms. The van der Waals surface area contributed by atoms with Crippen LogP contribution in [0.3, 0.4) is 0 Å². The van der Waals surface area contributed by atoms with E-state index >= 15 is 0 Å². The Morgan fingerprint density at radius 1 is 0.964 bits per heavy atom. The summed E-state index contributed by atoms with van der Waals surface area (Å²) in [6.45, 7) is 5.31. The molecule has 1 amide bonds. The van der Waals surface area contributed by atoms with Gasteiger partial charge in [0.25, 0.3) is 5.91 Å². The summed E-state index contributed by atoms with van der Waals surface area (Å²) >= 11 is 5.26. The Balaban J connectivity index is 1.90. The van der Waals surface area contributed by atoms with E-state index in [-0.39, 0.29) is 11.0 Å². The van der Waals surface area contributed by atoms with Crippen LogP contribution >= 0.6 is 12.2 Å². The van der Waals surface area contributed by atoms with Gasteiger partial charge in [-0.3, -0.25) is 10.1 Å². The molecule has 0 heterocycles. The summed E-state index contributed by atoms with van der Waals surface area (Å²) in [6, 6.07) is 14.6. The summed E-state index contributed by atoms with van der Waals surface area (Å²) in [6.07, 6.45) is 4.47. The number of anilines is 1. The summed E-state index contributed by atoms with van der Waals surface area (Å²) in [7, 11) is 0. The van der Waals surface area contributed by atoms with Crippen molar-refractivity contribution in [1.29, 1.82) is 0 Å². The van der Waals surface area contributed by atoms with Crippen LogP contribution in [0.25, 0.3) is 0 Å². The molecule has 0 radical (unpaired) electrons. The summed E-state index contributed by atoms with van der Waals surface area (Å²) < 4.78 is 11.2. The number of amides is 1. The van der Waals surface area contributed by atoms with Gasteiger partial charge >= 0.3 is 0 Å². The largest absolute Gasteiger partial charge is 0.494 e. The van der Waals surface area contributed by atoms with Crippen molar-refractivity contribution in [2.24, 2.45) is 0 Å². The van der Waals surface area contributed by atoms with E-state index < -0.39 is 0 Å². The van der Waals surface area contributed by atoms with Crippen LogP contribution in [-0.2, 0) is 0 Å². The van der Waals surface area contributed by atoms with Crippen molar-refractivity contribution in [3.63, 3.8) is 0 Å². The predicted octanol–water partition coefficient (Wildman–Crippen LogP) is 5.17. The fourth-order valence-electron chi connectivity index (χ4n) is 2.63. The molecule has 0 aromatic heterocycles. The lowest BCUT2D eigenvalue weighted by Crippen LogP contribution is -2.34. The number of ether oxygens (including phenoxy) is 2. The maximum absolute atomic E-state index is 12.6. The molecule has 0 aliphatic rings. The van der Waals surface area contributed by atoms with Crippen LogP contribution in [0, 0.1) is 0 Å². The van der Waals surface area contributed by atoms with Gasteiger partial charge in [0.15, 0.2) is 5.11 Å². The van der Waals surface area contributed by atoms with Gasteiger partial charge in [-0.05, 0) is 62.0 Å². The van der Waals surface area contributed by atoms with Gasteiger partial charge in [0.1, 0.15) is 11.5 Å². The third-order valence-corrected chi connectivity index (χ3v) is 4.24. The van der Waals surface area contributed by atoms with Crippen molar-refractivity contribution >= 4 is 28.9 Å². The van der Waals surface area contributed by atoms with E-state index in [1.54, 1.807) is 12.1 Å². The van der Waals surface area contributed by atoms with Gasteiger partial charge in [0, 0.05) is 5.69 Å². The van der Waals surface area contributed by atoms with Crippen molar-refractivity contribution in [3.8, 4) is 11.5 Å². The third-order valence-electron chi connectivity index (χ3n) is 4.04. The predicted molar refractivity (Wildman–Crippen MR) is 117 cm³/mol. The van der Waals surface area contributed by atoms with Crippen LogP contribution in [0.2, 0.25) is 0 Å². The monoisotopic (exact) mass is 400 g/mol. The number of carbonyl (C=O) groups excluding carboxylic acids is 1. The van der Waals surface area contributed by atoms with E-state index in [0.717, 1.165) is 24.3 Å². The van der Waals surface area contributed by atoms with Crippen molar-refractivity contribution in [1.82, 2.24) is 5.32 Å². The zero-order valence-electron chi connectivity index (χ0n) is 16.5. The first-order valence-corrected chi connectivity index (χ1v) is 10.1. The van der Waals surface area contributed by atoms with Crippen LogP contribution < -0.4 is 20.1 Å². The summed E-state index contributed by atoms with van der Waals surface area (Å²) in [5, 5.41) is 5.94. The Hall–Kier alpha value is -2.60. The molecule has 0 spiro atoms. The SMILES string of the molecule is CCCCCCOc1ccccc1C(=O)NC(=S)Nc1ccc(OCC)cc1. The Labute approximate surface area is 172 Å². The summed E-state index contributed by atoms with van der Waals surface area (Å²) in [5.74, 6) is 1.06. The van der Waals surface area contributed by atoms with Gasteiger partial charge in [-0.15, -0.1) is 0 Å². The first-order valence-electron chi connectivity index (χ1n) is 9.71. The second-order valence-corrected chi connectivity index (χ2v) is 6.68. The average molecular weight is 401 g/mol. The molecule has 0 atom stereocenters. The number of hydrogen-bond donors (Lipinski definition) is 2. The van der Waals surface area contributed by atoms with Crippen molar-refractivity contribution in [2.45, 2.75) is 39.5 Å². The highest BCUT2D eigenvalue weighted by molar-refractivity contribution is 7.80. The Bertz CT molecular complexity index is 763. The van der Waals surface area contributed by atoms with Crippen LogP contribution in [0.1, 0.15) is 49.9 Å². The zero-order chi connectivity index (χ0) is 20.2. The van der Waals surface area contributed by atoms with E-state index in [1.807, 2.05) is 43.3 Å². The van der Waals surface area contributed by atoms with Gasteiger partial charge in [-0.25, -0.2) is 0 Å². The Kier molecular flexibility index (Phi) is 9.28. The molecule has 6 heteroatoms. The molecule has 0 bridgehead atoms. The van der Waals surface area contributed by atoms with Crippen LogP contribution in [-0.4, -0.2) is 24.2 Å². The average Bonchev–Trinajstić information content (AvgIpc) is 2.70. The molecule has 0 saturated carbocycles. The van der Waals surface area contributed by atoms with Crippen molar-refractivity contribution < 1.29 is 14.3 Å². The Morgan fingerprint density at radius 2 is 1.71 bits per heavy atom. The fourth-order valence-corrected chi connectivity index (χ4v) is 2.84. The number of rotatable bonds is 10. The lowest BCUT2D eigenvalue weighted by molar-refractivity contribution is 0.0973. The standard InChI is InChI=1S/C22H28N2O3S/c1-3-5-6-9-16-27-20-11-8-7-10-19(20)21(25)24-22(28)23-17-12-14-18(15-13-17)26-4-2/h7-8,10-15H,3-6,9,16H2,1-2H3,(H2,23,24,25,28). The van der Waals surface area contributed by atoms with E-state index in [2.05, 4.69) is 17.6 Å². The van der Waals surface area contributed by atoms with Gasteiger partial charge in [0.05, 0.1) is 18.8 Å². The normalized spacial score (nSPS) is 10.2. The van der Waals surface area contributed by atoms with E-state index in [4.69, 9.17) is 21.7 Å². The number of thiocarbonyl (C=S) groups is 1. The molecule has 2 aromatic carbocycles. The first kappa shape index (κ1) is 21.7. The maximum Gasteiger partial charge on any atom is 0.261 e. The minimum Gasteiger partial charge on any atom is -0.494 e. The van der Waals surface area contributed by atoms with E-state index in [1.165, 1.54) is 12.8 Å². The maximum atomic E-state index is 12.6. The second-order valence-electron chi connectivity index (χ2n) is 6.27. The van der Waals surface area contributed by atoms with E-state index in [0.29, 0.717) is 24.5 Å². The molecule has 5 nitrogen and oxygen atoms in total. The van der Waals surface area contributed by atoms with Gasteiger partial charge in [-0.1, -0.05) is 38.3 Å². The third kappa shape index (κ3) is 7.19. The molecule has 0 aliphatic carbocycles. The van der Waals surface area contributed by atoms with E-state index in [9.17, 15) is 4.79 Å². The quantitative estimate of drug-likeness (QED) is 0.425. The van der Waals surface area contributed by atoms with Crippen LogP contribution in [0.15, 0.2) is 48.5 Å². The zero-order valence-corrected chi connectivity index (χ0v) is 17.3. The highest BCUT2D eigenvalue weighted by Crippen LogP contribution is 2.19. The number of carbonyl (C=O) groups is 1. The van der Waals surface area contributed by atoms with Gasteiger partial charge < -0.3 is 14.8 Å². The highest BCUT2D eigenvalue weighted by Gasteiger charge is 2.13. The Morgan fingerprint density at radius 3 is 2.43 bits per heavy atom. The van der Waals surface area contributed by atoms with Crippen molar-refractivity contribution in [2.75, 3.05) is 18.5 Å². The first-order chi connectivity index (χ1) is 13.6. The number of unbranched alkanes of at least 4 members (excludes halogenated alkanes) is 3. The lowest BCUT2D eigenvalue weighted by Gasteiger charge is -2.13. The summed E-state index contributed by atoms with van der Waals surface area (Å²) in [5.41, 5.74) is 1.24. The molecule has 2 N–H and O–H groups in total. The topological polar surface area (TPSA) is 59.6 Å². The molecule has 2 aromatic rings. The smallest absolute Gasteiger partial charge is 0.261 e. The van der Waals surface area contributed by atoms with Crippen LogP contribution in [0.5, 0.6) is 11.5 Å². The molecule has 2 rings (SSSR count). The molecule has 0 unspecified atom stereocenters. The number of hydrogen-bond acceptors (Lipinski definition) is 4. The van der Waals surface area contributed by atoms with Crippen molar-refractivity contribution in [3.05, 3.63) is 54.1 Å². The highest BCUT2D eigenvalue weighted by atomic mass is 32.1. The number of para-hydroxylation sites is 1. The van der Waals surface area contributed by atoms with Crippen LogP contribution in [0.4, 0.5) is 5.69 Å². The minimum absolute atomic E-state index is 0.229. The molecule has 0 fully saturated rings. The molecule has 0 saturated heterocycles. The fraction of sp³-hybridized carbons (Fsp3) is 0.364. The minimum atomic E-state index is -0.299.